The molecular weight excluding hydrogens is 214 g/mol. The predicted octanol–water partition coefficient (Wildman–Crippen LogP) is 2.74. The average Bonchev–Trinajstić information content (AvgIpc) is 3.07. The molecule has 0 atom stereocenters. The Morgan fingerprint density at radius 3 is 2.65 bits per heavy atom. The normalized spacial score (nSPS) is 16.6. The van der Waals surface area contributed by atoms with Gasteiger partial charge in [0.15, 0.2) is 11.5 Å². The Morgan fingerprint density at radius 1 is 1.29 bits per heavy atom. The Bertz CT molecular complexity index is 386. The molecule has 3 nitrogen and oxygen atoms in total. The Kier molecular flexibility index (Phi) is 3.57. The van der Waals surface area contributed by atoms with Crippen molar-refractivity contribution in [1.82, 2.24) is 5.32 Å². The molecule has 94 valence electrons. The molecule has 2 rings (SSSR count). The molecule has 0 spiro atoms. The standard InChI is InChI=1S/C14H21NO2/c1-4-17-12-6-5-11(9-13(12)16-3)10-15-14(2)7-8-14/h5-6,9,15H,4,7-8,10H2,1-3H3. The summed E-state index contributed by atoms with van der Waals surface area (Å²) in [6.45, 7) is 5.78. The fourth-order valence-electron chi connectivity index (χ4n) is 1.78. The number of hydrogen-bond acceptors (Lipinski definition) is 3. The minimum atomic E-state index is 0.367. The van der Waals surface area contributed by atoms with Crippen molar-refractivity contribution < 1.29 is 9.47 Å². The summed E-state index contributed by atoms with van der Waals surface area (Å²) in [5.74, 6) is 1.63. The lowest BCUT2D eigenvalue weighted by atomic mass is 10.2. The first-order chi connectivity index (χ1) is 8.17. The van der Waals surface area contributed by atoms with E-state index in [2.05, 4.69) is 18.3 Å². The number of nitrogens with one attached hydrogen (secondary N) is 1. The summed E-state index contributed by atoms with van der Waals surface area (Å²) in [5.41, 5.74) is 1.60. The number of benzene rings is 1. The zero-order chi connectivity index (χ0) is 12.3. The van der Waals surface area contributed by atoms with Crippen molar-refractivity contribution in [2.45, 2.75) is 38.8 Å². The van der Waals surface area contributed by atoms with Crippen LogP contribution in [0.1, 0.15) is 32.3 Å². The Morgan fingerprint density at radius 2 is 2.06 bits per heavy atom. The molecule has 0 heterocycles. The maximum absolute atomic E-state index is 5.50. The van der Waals surface area contributed by atoms with E-state index in [1.54, 1.807) is 7.11 Å². The molecular formula is C14H21NO2. The molecule has 0 radical (unpaired) electrons. The molecule has 1 saturated carbocycles. The van der Waals surface area contributed by atoms with E-state index in [4.69, 9.17) is 9.47 Å². The molecule has 1 fully saturated rings. The SMILES string of the molecule is CCOc1ccc(CNC2(C)CC2)cc1OC. The van der Waals surface area contributed by atoms with E-state index in [1.807, 2.05) is 19.1 Å². The maximum Gasteiger partial charge on any atom is 0.161 e. The molecule has 0 aliphatic heterocycles. The second-order valence-corrected chi connectivity index (χ2v) is 4.83. The first kappa shape index (κ1) is 12.2. The largest absolute Gasteiger partial charge is 0.493 e. The highest BCUT2D eigenvalue weighted by Crippen LogP contribution is 2.35. The van der Waals surface area contributed by atoms with Crippen LogP contribution in [0.5, 0.6) is 11.5 Å². The summed E-state index contributed by atoms with van der Waals surface area (Å²) in [7, 11) is 1.68. The minimum Gasteiger partial charge on any atom is -0.493 e. The van der Waals surface area contributed by atoms with Crippen LogP contribution in [0, 0.1) is 0 Å². The van der Waals surface area contributed by atoms with Crippen LogP contribution in [-0.4, -0.2) is 19.3 Å². The first-order valence-electron chi connectivity index (χ1n) is 6.21. The van der Waals surface area contributed by atoms with Crippen molar-refractivity contribution in [2.24, 2.45) is 0 Å². The van der Waals surface area contributed by atoms with Crippen LogP contribution in [0.4, 0.5) is 0 Å². The van der Waals surface area contributed by atoms with Gasteiger partial charge in [0.2, 0.25) is 0 Å². The van der Waals surface area contributed by atoms with E-state index in [-0.39, 0.29) is 0 Å². The lowest BCUT2D eigenvalue weighted by Gasteiger charge is -2.14. The third kappa shape index (κ3) is 3.13. The fourth-order valence-corrected chi connectivity index (χ4v) is 1.78. The molecule has 1 aromatic carbocycles. The summed E-state index contributed by atoms with van der Waals surface area (Å²) in [4.78, 5) is 0. The van der Waals surface area contributed by atoms with Gasteiger partial charge in [-0.15, -0.1) is 0 Å². The van der Waals surface area contributed by atoms with E-state index in [0.717, 1.165) is 18.0 Å². The zero-order valence-electron chi connectivity index (χ0n) is 10.9. The molecule has 1 aliphatic rings. The number of hydrogen-bond donors (Lipinski definition) is 1. The van der Waals surface area contributed by atoms with E-state index in [1.165, 1.54) is 18.4 Å². The highest BCUT2D eigenvalue weighted by molar-refractivity contribution is 5.43. The summed E-state index contributed by atoms with van der Waals surface area (Å²) >= 11 is 0. The van der Waals surface area contributed by atoms with Gasteiger partial charge in [-0.05, 0) is 44.4 Å². The smallest absolute Gasteiger partial charge is 0.161 e. The van der Waals surface area contributed by atoms with Crippen molar-refractivity contribution in [2.75, 3.05) is 13.7 Å². The van der Waals surface area contributed by atoms with Crippen LogP contribution >= 0.6 is 0 Å². The van der Waals surface area contributed by atoms with Gasteiger partial charge >= 0.3 is 0 Å². The average molecular weight is 235 g/mol. The second-order valence-electron chi connectivity index (χ2n) is 4.83. The van der Waals surface area contributed by atoms with Crippen LogP contribution in [0.15, 0.2) is 18.2 Å². The van der Waals surface area contributed by atoms with Gasteiger partial charge in [-0.25, -0.2) is 0 Å². The molecule has 1 aliphatic carbocycles. The van der Waals surface area contributed by atoms with Gasteiger partial charge in [-0.2, -0.15) is 0 Å². The number of ether oxygens (including phenoxy) is 2. The second kappa shape index (κ2) is 4.96. The fraction of sp³-hybridized carbons (Fsp3) is 0.571. The number of rotatable bonds is 6. The minimum absolute atomic E-state index is 0.367. The lowest BCUT2D eigenvalue weighted by Crippen LogP contribution is -2.26. The van der Waals surface area contributed by atoms with Crippen molar-refractivity contribution >= 4 is 0 Å². The first-order valence-corrected chi connectivity index (χ1v) is 6.21. The van der Waals surface area contributed by atoms with Crippen molar-refractivity contribution in [1.29, 1.82) is 0 Å². The van der Waals surface area contributed by atoms with Crippen molar-refractivity contribution in [3.63, 3.8) is 0 Å². The van der Waals surface area contributed by atoms with Crippen LogP contribution in [0.25, 0.3) is 0 Å². The topological polar surface area (TPSA) is 30.5 Å². The molecule has 1 N–H and O–H groups in total. The maximum atomic E-state index is 5.50. The molecule has 0 amide bonds. The van der Waals surface area contributed by atoms with Crippen LogP contribution < -0.4 is 14.8 Å². The van der Waals surface area contributed by atoms with Gasteiger partial charge in [0.25, 0.3) is 0 Å². The Labute approximate surface area is 103 Å². The van der Waals surface area contributed by atoms with Crippen LogP contribution in [0.2, 0.25) is 0 Å². The molecule has 0 bridgehead atoms. The van der Waals surface area contributed by atoms with E-state index in [9.17, 15) is 0 Å². The van der Waals surface area contributed by atoms with E-state index < -0.39 is 0 Å². The highest BCUT2D eigenvalue weighted by atomic mass is 16.5. The molecule has 0 aromatic heterocycles. The van der Waals surface area contributed by atoms with Crippen LogP contribution in [0.3, 0.4) is 0 Å². The molecule has 0 saturated heterocycles. The van der Waals surface area contributed by atoms with Gasteiger partial charge in [0.1, 0.15) is 0 Å². The van der Waals surface area contributed by atoms with Crippen molar-refractivity contribution in [3.8, 4) is 11.5 Å². The third-order valence-electron chi connectivity index (χ3n) is 3.25. The quantitative estimate of drug-likeness (QED) is 0.822. The molecule has 0 unspecified atom stereocenters. The molecule has 1 aromatic rings. The highest BCUT2D eigenvalue weighted by Gasteiger charge is 2.36. The third-order valence-corrected chi connectivity index (χ3v) is 3.25. The van der Waals surface area contributed by atoms with Gasteiger partial charge in [-0.3, -0.25) is 0 Å². The predicted molar refractivity (Wildman–Crippen MR) is 68.6 cm³/mol. The van der Waals surface area contributed by atoms with Gasteiger partial charge in [0.05, 0.1) is 13.7 Å². The summed E-state index contributed by atoms with van der Waals surface area (Å²) in [6.07, 6.45) is 2.56. The molecule has 17 heavy (non-hydrogen) atoms. The summed E-state index contributed by atoms with van der Waals surface area (Å²) < 4.78 is 10.8. The van der Waals surface area contributed by atoms with Gasteiger partial charge in [0, 0.05) is 12.1 Å². The van der Waals surface area contributed by atoms with E-state index in [0.29, 0.717) is 12.1 Å². The zero-order valence-corrected chi connectivity index (χ0v) is 10.9. The molecule has 3 heteroatoms. The van der Waals surface area contributed by atoms with Gasteiger partial charge in [-0.1, -0.05) is 6.07 Å². The van der Waals surface area contributed by atoms with Crippen LogP contribution in [-0.2, 0) is 6.54 Å². The Balaban J connectivity index is 2.02. The number of methoxy groups -OCH3 is 1. The van der Waals surface area contributed by atoms with E-state index >= 15 is 0 Å². The van der Waals surface area contributed by atoms with Gasteiger partial charge < -0.3 is 14.8 Å². The Hall–Kier alpha value is -1.22. The summed E-state index contributed by atoms with van der Waals surface area (Å²) in [5, 5.41) is 3.56. The summed E-state index contributed by atoms with van der Waals surface area (Å²) in [6, 6.07) is 6.12. The monoisotopic (exact) mass is 235 g/mol. The lowest BCUT2D eigenvalue weighted by molar-refractivity contribution is 0.310. The van der Waals surface area contributed by atoms with Crippen molar-refractivity contribution in [3.05, 3.63) is 23.8 Å².